The second-order valence-corrected chi connectivity index (χ2v) is 6.09. The van der Waals surface area contributed by atoms with Gasteiger partial charge in [0.15, 0.2) is 0 Å². The van der Waals surface area contributed by atoms with Crippen molar-refractivity contribution >= 4 is 17.2 Å². The number of hydrogen-bond donors (Lipinski definition) is 1. The largest absolute Gasteiger partial charge is 0.333 e. The van der Waals surface area contributed by atoms with Crippen molar-refractivity contribution < 1.29 is 4.79 Å². The molecule has 4 nitrogen and oxygen atoms in total. The number of amides is 1. The van der Waals surface area contributed by atoms with Gasteiger partial charge in [-0.05, 0) is 41.2 Å². The Labute approximate surface area is 130 Å². The lowest BCUT2D eigenvalue weighted by Gasteiger charge is -2.19. The van der Waals surface area contributed by atoms with E-state index in [1.165, 1.54) is 16.7 Å². The molecule has 3 rings (SSSR count). The summed E-state index contributed by atoms with van der Waals surface area (Å²) in [5, 5.41) is 2.94. The van der Waals surface area contributed by atoms with Gasteiger partial charge >= 0.3 is 0 Å². The molecule has 114 valence electrons. The molecule has 1 amide bonds. The zero-order valence-electron chi connectivity index (χ0n) is 13.0. The fraction of sp³-hybridized carbons (Fsp3) is 0.333. The molecule has 1 aliphatic heterocycles. The molecular weight excluding hydrogens is 274 g/mol. The van der Waals surface area contributed by atoms with Gasteiger partial charge in [0.25, 0.3) is 0 Å². The Hall–Kier alpha value is -2.36. The van der Waals surface area contributed by atoms with Gasteiger partial charge in [0.1, 0.15) is 0 Å². The summed E-state index contributed by atoms with van der Waals surface area (Å²) in [6.45, 7) is 5.18. The lowest BCUT2D eigenvalue weighted by molar-refractivity contribution is -0.116. The van der Waals surface area contributed by atoms with Crippen LogP contribution in [-0.4, -0.2) is 15.5 Å². The lowest BCUT2D eigenvalue weighted by atomic mass is 9.95. The molecule has 1 N–H and O–H groups in total. The van der Waals surface area contributed by atoms with Crippen molar-refractivity contribution in [1.82, 2.24) is 9.55 Å². The van der Waals surface area contributed by atoms with Crippen LogP contribution >= 0.6 is 0 Å². The molecule has 22 heavy (non-hydrogen) atoms. The van der Waals surface area contributed by atoms with Crippen molar-refractivity contribution in [3.63, 3.8) is 0 Å². The smallest absolute Gasteiger partial charge is 0.224 e. The van der Waals surface area contributed by atoms with Gasteiger partial charge in [0.05, 0.1) is 6.33 Å². The molecule has 0 spiro atoms. The van der Waals surface area contributed by atoms with Crippen LogP contribution in [0.1, 0.15) is 31.4 Å². The third kappa shape index (κ3) is 3.27. The Morgan fingerprint density at radius 1 is 1.41 bits per heavy atom. The van der Waals surface area contributed by atoms with Crippen LogP contribution in [0, 0.1) is 5.92 Å². The third-order valence-corrected chi connectivity index (χ3v) is 3.82. The number of rotatable bonds is 4. The molecule has 1 aromatic heterocycles. The van der Waals surface area contributed by atoms with Crippen molar-refractivity contribution in [1.29, 1.82) is 0 Å². The number of carbonyl (C=O) groups excluding carboxylic acids is 1. The first-order valence-corrected chi connectivity index (χ1v) is 7.71. The van der Waals surface area contributed by atoms with Crippen molar-refractivity contribution in [3.8, 4) is 0 Å². The van der Waals surface area contributed by atoms with E-state index >= 15 is 0 Å². The Balaban J connectivity index is 1.93. The maximum Gasteiger partial charge on any atom is 0.224 e. The molecule has 0 fully saturated rings. The van der Waals surface area contributed by atoms with E-state index in [1.807, 2.05) is 18.6 Å². The molecular formula is C18H21N3O. The summed E-state index contributed by atoms with van der Waals surface area (Å²) in [5.41, 5.74) is 4.67. The van der Waals surface area contributed by atoms with Crippen LogP contribution in [-0.2, 0) is 17.8 Å². The number of aromatic nitrogens is 2. The highest BCUT2D eigenvalue weighted by Crippen LogP contribution is 2.28. The number of nitrogens with one attached hydrogen (secondary N) is 1. The van der Waals surface area contributed by atoms with Gasteiger partial charge in [-0.3, -0.25) is 4.79 Å². The monoisotopic (exact) mass is 295 g/mol. The fourth-order valence-corrected chi connectivity index (χ4v) is 2.80. The second kappa shape index (κ2) is 6.18. The number of benzene rings is 1. The number of carbonyl (C=O) groups is 1. The first kappa shape index (κ1) is 14.6. The normalized spacial score (nSPS) is 14.9. The van der Waals surface area contributed by atoms with Gasteiger partial charge in [-0.25, -0.2) is 4.98 Å². The summed E-state index contributed by atoms with van der Waals surface area (Å²) in [6.07, 6.45) is 9.30. The summed E-state index contributed by atoms with van der Waals surface area (Å²) in [4.78, 5) is 15.6. The van der Waals surface area contributed by atoms with Gasteiger partial charge in [-0.1, -0.05) is 26.0 Å². The molecule has 1 aliphatic rings. The minimum atomic E-state index is 0.108. The topological polar surface area (TPSA) is 46.9 Å². The van der Waals surface area contributed by atoms with Gasteiger partial charge in [0.2, 0.25) is 5.91 Å². The molecule has 1 aromatic carbocycles. The summed E-state index contributed by atoms with van der Waals surface area (Å²) in [5.74, 6) is 0.589. The van der Waals surface area contributed by atoms with E-state index in [9.17, 15) is 4.79 Å². The summed E-state index contributed by atoms with van der Waals surface area (Å²) >= 11 is 0. The Kier molecular flexibility index (Phi) is 4.09. The molecule has 0 saturated heterocycles. The summed E-state index contributed by atoms with van der Waals surface area (Å²) in [7, 11) is 0. The molecule has 0 saturated carbocycles. The molecule has 0 atom stereocenters. The van der Waals surface area contributed by atoms with E-state index in [0.717, 1.165) is 18.7 Å². The van der Waals surface area contributed by atoms with Crippen LogP contribution in [0.5, 0.6) is 0 Å². The van der Waals surface area contributed by atoms with Crippen molar-refractivity contribution in [3.05, 3.63) is 54.1 Å². The van der Waals surface area contributed by atoms with E-state index < -0.39 is 0 Å². The molecule has 0 radical (unpaired) electrons. The third-order valence-electron chi connectivity index (χ3n) is 3.82. The Bertz CT molecular complexity index is 699. The molecule has 2 heterocycles. The average Bonchev–Trinajstić information content (AvgIpc) is 2.98. The van der Waals surface area contributed by atoms with Crippen LogP contribution in [0.3, 0.4) is 0 Å². The number of aryl methyl sites for hydroxylation is 1. The number of hydrogen-bond acceptors (Lipinski definition) is 2. The molecule has 4 heteroatoms. The molecule has 0 aliphatic carbocycles. The maximum absolute atomic E-state index is 11.5. The number of imidazole rings is 1. The highest BCUT2D eigenvalue weighted by Gasteiger charge is 2.15. The van der Waals surface area contributed by atoms with E-state index in [4.69, 9.17) is 0 Å². The van der Waals surface area contributed by atoms with Crippen LogP contribution in [0.25, 0.3) is 5.57 Å². The number of fused-ring (bicyclic) bond motifs is 1. The van der Waals surface area contributed by atoms with Gasteiger partial charge in [-0.15, -0.1) is 0 Å². The van der Waals surface area contributed by atoms with Crippen molar-refractivity contribution in [2.45, 2.75) is 33.2 Å². The van der Waals surface area contributed by atoms with Gasteiger partial charge in [-0.2, -0.15) is 0 Å². The van der Waals surface area contributed by atoms with Crippen LogP contribution in [0.2, 0.25) is 0 Å². The van der Waals surface area contributed by atoms with E-state index in [2.05, 4.69) is 46.9 Å². The zero-order chi connectivity index (χ0) is 15.5. The minimum Gasteiger partial charge on any atom is -0.333 e. The van der Waals surface area contributed by atoms with Crippen LogP contribution in [0.15, 0.2) is 43.0 Å². The average molecular weight is 295 g/mol. The zero-order valence-corrected chi connectivity index (χ0v) is 13.0. The SMILES string of the molecule is CC(C)/C=C(/Cn1ccnc1)c1ccc2c(c1)CCC(=O)N2. The number of anilines is 1. The van der Waals surface area contributed by atoms with Crippen molar-refractivity contribution in [2.75, 3.05) is 5.32 Å². The van der Waals surface area contributed by atoms with E-state index in [0.29, 0.717) is 12.3 Å². The first-order chi connectivity index (χ1) is 10.6. The number of allylic oxidation sites excluding steroid dienone is 2. The maximum atomic E-state index is 11.5. The Morgan fingerprint density at radius 3 is 3.00 bits per heavy atom. The van der Waals surface area contributed by atoms with Gasteiger partial charge < -0.3 is 9.88 Å². The molecule has 0 bridgehead atoms. The predicted molar refractivity (Wildman–Crippen MR) is 88.4 cm³/mol. The van der Waals surface area contributed by atoms with Crippen molar-refractivity contribution in [2.24, 2.45) is 5.92 Å². The summed E-state index contributed by atoms with van der Waals surface area (Å²) < 4.78 is 2.08. The van der Waals surface area contributed by atoms with Crippen LogP contribution < -0.4 is 5.32 Å². The summed E-state index contributed by atoms with van der Waals surface area (Å²) in [6, 6.07) is 6.32. The fourth-order valence-electron chi connectivity index (χ4n) is 2.80. The first-order valence-electron chi connectivity index (χ1n) is 7.71. The lowest BCUT2D eigenvalue weighted by Crippen LogP contribution is -2.19. The Morgan fingerprint density at radius 2 is 2.27 bits per heavy atom. The second-order valence-electron chi connectivity index (χ2n) is 6.09. The highest BCUT2D eigenvalue weighted by molar-refractivity contribution is 5.94. The van der Waals surface area contributed by atoms with Crippen LogP contribution in [0.4, 0.5) is 5.69 Å². The molecule has 0 unspecified atom stereocenters. The van der Waals surface area contributed by atoms with E-state index in [1.54, 1.807) is 6.20 Å². The number of nitrogens with zero attached hydrogens (tertiary/aromatic N) is 2. The van der Waals surface area contributed by atoms with E-state index in [-0.39, 0.29) is 5.91 Å². The minimum absolute atomic E-state index is 0.108. The standard InChI is InChI=1S/C18H21N3O/c1-13(2)9-16(11-21-8-7-19-12-21)14-3-5-17-15(10-14)4-6-18(22)20-17/h3,5,7-10,12-13H,4,6,11H2,1-2H3,(H,20,22)/b16-9-. The quantitative estimate of drug-likeness (QED) is 0.938. The van der Waals surface area contributed by atoms with Gasteiger partial charge in [0, 0.05) is 31.0 Å². The highest BCUT2D eigenvalue weighted by atomic mass is 16.1. The molecule has 2 aromatic rings. The predicted octanol–water partition coefficient (Wildman–Crippen LogP) is 3.51.